The molecule has 0 spiro atoms. The minimum absolute atomic E-state index is 0.0644. The molecule has 0 saturated heterocycles. The van der Waals surface area contributed by atoms with E-state index in [9.17, 15) is 40.7 Å². The summed E-state index contributed by atoms with van der Waals surface area (Å²) in [5.41, 5.74) is 8.78. The summed E-state index contributed by atoms with van der Waals surface area (Å²) in [5, 5.41) is 61.9. The molecule has 0 radical (unpaired) electrons. The molecule has 0 bridgehead atoms. The lowest BCUT2D eigenvalue weighted by Crippen LogP contribution is -2.43. The van der Waals surface area contributed by atoms with Crippen molar-refractivity contribution in [1.29, 1.82) is 0 Å². The Morgan fingerprint density at radius 3 is 0.854 bits per heavy atom. The predicted molar refractivity (Wildman–Crippen MR) is 191 cm³/mol. The van der Waals surface area contributed by atoms with Crippen molar-refractivity contribution in [2.45, 2.75) is 128 Å². The zero-order valence-corrected chi connectivity index (χ0v) is 32.1. The molecule has 16 heteroatoms. The average molecular weight is 697 g/mol. The maximum absolute atomic E-state index is 10.9. The lowest BCUT2D eigenvalue weighted by atomic mass is 9.97. The van der Waals surface area contributed by atoms with Crippen LogP contribution in [0.1, 0.15) is 81.1 Å². The van der Waals surface area contributed by atoms with Gasteiger partial charge >= 0.3 is 0 Å². The van der Waals surface area contributed by atoms with Crippen molar-refractivity contribution in [1.82, 2.24) is 19.6 Å². The van der Waals surface area contributed by atoms with Crippen LogP contribution < -0.4 is 11.5 Å². The first-order chi connectivity index (χ1) is 21.5. The molecule has 0 aliphatic rings. The molecule has 0 aromatic rings. The molecule has 8 N–H and O–H groups in total. The molecular formula is C32H72N8O8. The summed E-state index contributed by atoms with van der Waals surface area (Å²) < 4.78 is 0. The molecule has 288 valence electrons. The monoisotopic (exact) mass is 697 g/mol. The number of aliphatic hydroxyl groups is 4. The van der Waals surface area contributed by atoms with Gasteiger partial charge in [-0.25, -0.2) is 0 Å². The maximum atomic E-state index is 10.9. The van der Waals surface area contributed by atoms with Gasteiger partial charge in [0.1, 0.15) is 0 Å². The van der Waals surface area contributed by atoms with Gasteiger partial charge in [-0.2, -0.15) is 0 Å². The second-order valence-corrected chi connectivity index (χ2v) is 16.6. The van der Waals surface area contributed by atoms with E-state index in [1.54, 1.807) is 0 Å². The van der Waals surface area contributed by atoms with Crippen molar-refractivity contribution in [3.05, 3.63) is 20.2 Å². The van der Waals surface area contributed by atoms with Crippen LogP contribution in [-0.2, 0) is 0 Å². The lowest BCUT2D eigenvalue weighted by Gasteiger charge is -2.29. The Kier molecular flexibility index (Phi) is 21.8. The molecule has 0 aliphatic heterocycles. The van der Waals surface area contributed by atoms with Crippen LogP contribution in [0, 0.1) is 20.2 Å². The number of hydrogen-bond acceptors (Lipinski definition) is 14. The van der Waals surface area contributed by atoms with E-state index in [0.717, 1.165) is 13.1 Å². The quantitative estimate of drug-likeness (QED) is 0.0589. The highest BCUT2D eigenvalue weighted by Gasteiger charge is 2.35. The predicted octanol–water partition coefficient (Wildman–Crippen LogP) is 0.289. The summed E-state index contributed by atoms with van der Waals surface area (Å²) in [6, 6.07) is 0. The van der Waals surface area contributed by atoms with E-state index in [-0.39, 0.29) is 23.9 Å². The minimum Gasteiger partial charge on any atom is -0.392 e. The SMILES string of the molecule is CN(CCN(C)CC(O)CC(C)(C)N)CC(O)CC(C)(C)N.CN(CCN(C)CC(O)CC(C)(C)[N+](=O)[O-])CC(O)CC(C)(C)[N+](=O)[O-]. The van der Waals surface area contributed by atoms with Gasteiger partial charge < -0.3 is 51.5 Å². The largest absolute Gasteiger partial charge is 0.392 e. The van der Waals surface area contributed by atoms with Crippen LogP contribution in [0.2, 0.25) is 0 Å². The van der Waals surface area contributed by atoms with Crippen molar-refractivity contribution in [3.63, 3.8) is 0 Å². The van der Waals surface area contributed by atoms with Gasteiger partial charge in [0.15, 0.2) is 0 Å². The third-order valence-corrected chi connectivity index (χ3v) is 7.80. The number of rotatable bonds is 24. The van der Waals surface area contributed by atoms with Gasteiger partial charge in [0.25, 0.3) is 0 Å². The van der Waals surface area contributed by atoms with E-state index in [4.69, 9.17) is 11.5 Å². The van der Waals surface area contributed by atoms with Gasteiger partial charge in [-0.05, 0) is 68.7 Å². The van der Waals surface area contributed by atoms with Crippen molar-refractivity contribution in [2.24, 2.45) is 11.5 Å². The standard InChI is InChI=1S/C16H34N4O6.C16H38N4O2/c1-15(2,19(23)24)9-13(21)11-17(5)7-8-18(6)12-14(22)10-16(3,4)20(25)26;1-15(2,17)9-13(21)11-19(5)7-8-20(6)12-14(22)10-16(3,4)18/h13-14,21-22H,7-12H2,1-6H3;13-14,21-22H,7-12,17-18H2,1-6H3. The van der Waals surface area contributed by atoms with Gasteiger partial charge in [0, 0.05) is 114 Å². The Balaban J connectivity index is 0. The number of nitro groups is 2. The van der Waals surface area contributed by atoms with Gasteiger partial charge in [0.2, 0.25) is 11.1 Å². The Bertz CT molecular complexity index is 842. The summed E-state index contributed by atoms with van der Waals surface area (Å²) in [5.74, 6) is 0. The second-order valence-electron chi connectivity index (χ2n) is 16.6. The molecule has 0 aliphatic carbocycles. The molecule has 0 amide bonds. The topological polar surface area (TPSA) is 232 Å². The first-order valence-corrected chi connectivity index (χ1v) is 16.8. The van der Waals surface area contributed by atoms with Gasteiger partial charge in [0.05, 0.1) is 24.4 Å². The molecule has 4 atom stereocenters. The third-order valence-electron chi connectivity index (χ3n) is 7.80. The van der Waals surface area contributed by atoms with Crippen LogP contribution in [0.25, 0.3) is 0 Å². The third kappa shape index (κ3) is 26.3. The fourth-order valence-electron chi connectivity index (χ4n) is 5.26. The van der Waals surface area contributed by atoms with E-state index in [1.165, 1.54) is 27.7 Å². The van der Waals surface area contributed by atoms with Gasteiger partial charge in [-0.1, -0.05) is 0 Å². The van der Waals surface area contributed by atoms with E-state index in [1.807, 2.05) is 65.7 Å². The van der Waals surface area contributed by atoms with E-state index < -0.39 is 45.3 Å². The minimum atomic E-state index is -1.18. The molecule has 0 heterocycles. The fraction of sp³-hybridized carbons (Fsp3) is 1.00. The van der Waals surface area contributed by atoms with Crippen LogP contribution in [0.5, 0.6) is 0 Å². The Hall–Kier alpha value is -1.60. The van der Waals surface area contributed by atoms with Crippen LogP contribution in [0.3, 0.4) is 0 Å². The number of nitrogens with zero attached hydrogens (tertiary/aromatic N) is 6. The average Bonchev–Trinajstić information content (AvgIpc) is 2.83. The Morgan fingerprint density at radius 2 is 0.688 bits per heavy atom. The molecule has 4 unspecified atom stereocenters. The van der Waals surface area contributed by atoms with Crippen molar-refractivity contribution < 1.29 is 30.3 Å². The zero-order chi connectivity index (χ0) is 38.3. The van der Waals surface area contributed by atoms with Crippen LogP contribution in [0.4, 0.5) is 0 Å². The zero-order valence-electron chi connectivity index (χ0n) is 32.1. The van der Waals surface area contributed by atoms with Crippen molar-refractivity contribution in [2.75, 3.05) is 80.5 Å². The molecule has 0 rings (SSSR count). The molecule has 0 saturated carbocycles. The molecular weight excluding hydrogens is 624 g/mol. The maximum Gasteiger partial charge on any atom is 0.219 e. The highest BCUT2D eigenvalue weighted by molar-refractivity contribution is 4.80. The molecule has 16 nitrogen and oxygen atoms in total. The number of nitrogens with two attached hydrogens (primary N) is 2. The van der Waals surface area contributed by atoms with Crippen LogP contribution in [0.15, 0.2) is 0 Å². The first-order valence-electron chi connectivity index (χ1n) is 16.8. The van der Waals surface area contributed by atoms with Crippen molar-refractivity contribution >= 4 is 0 Å². The normalized spacial score (nSPS) is 15.8. The first kappa shape index (κ1) is 48.5. The second kappa shape index (κ2) is 21.6. The molecule has 0 fully saturated rings. The van der Waals surface area contributed by atoms with Crippen LogP contribution in [-0.4, -0.2) is 177 Å². The summed E-state index contributed by atoms with van der Waals surface area (Å²) in [4.78, 5) is 28.9. The molecule has 48 heavy (non-hydrogen) atoms. The Labute approximate surface area is 289 Å². The fourth-order valence-corrected chi connectivity index (χ4v) is 5.26. The van der Waals surface area contributed by atoms with Gasteiger partial charge in [-0.15, -0.1) is 0 Å². The van der Waals surface area contributed by atoms with Crippen LogP contribution >= 0.6 is 0 Å². The summed E-state index contributed by atoms with van der Waals surface area (Å²) in [6.07, 6.45) is -1.16. The highest BCUT2D eigenvalue weighted by atomic mass is 16.6. The van der Waals surface area contributed by atoms with E-state index >= 15 is 0 Å². The molecule has 0 aromatic heterocycles. The summed E-state index contributed by atoms with van der Waals surface area (Å²) in [7, 11) is 7.59. The number of likely N-dealkylation sites (N-methyl/N-ethyl adjacent to an activating group) is 4. The lowest BCUT2D eigenvalue weighted by molar-refractivity contribution is -0.563. The Morgan fingerprint density at radius 1 is 0.500 bits per heavy atom. The van der Waals surface area contributed by atoms with E-state index in [0.29, 0.717) is 52.1 Å². The van der Waals surface area contributed by atoms with Crippen molar-refractivity contribution in [3.8, 4) is 0 Å². The number of aliphatic hydroxyl groups excluding tert-OH is 4. The smallest absolute Gasteiger partial charge is 0.219 e. The molecule has 0 aromatic carbocycles. The summed E-state index contributed by atoms with van der Waals surface area (Å²) in [6.45, 7) is 18.3. The number of hydrogen-bond donors (Lipinski definition) is 6. The summed E-state index contributed by atoms with van der Waals surface area (Å²) >= 11 is 0. The van der Waals surface area contributed by atoms with E-state index in [2.05, 4.69) is 9.80 Å². The highest BCUT2D eigenvalue weighted by Crippen LogP contribution is 2.17. The van der Waals surface area contributed by atoms with Gasteiger partial charge in [-0.3, -0.25) is 20.2 Å².